The highest BCUT2D eigenvalue weighted by molar-refractivity contribution is 5.89. The van der Waals surface area contributed by atoms with Crippen molar-refractivity contribution in [2.24, 2.45) is 0 Å². The van der Waals surface area contributed by atoms with Crippen LogP contribution in [0, 0.1) is 5.82 Å². The second-order valence-corrected chi connectivity index (χ2v) is 6.54. The number of nitrogens with zero attached hydrogens (tertiary/aromatic N) is 1. The standard InChI is InChI=1S/C19H20FN3O3/c20-15-2-4-16(5-3-15)21-19(24)23-9-7-22(8-10-23)12-14-1-6-17-18(11-14)26-13-25-17/h1-6,11H,7-10,12-13H2,(H,21,24)/p+1. The van der Waals surface area contributed by atoms with E-state index in [9.17, 15) is 9.18 Å². The molecule has 0 atom stereocenters. The molecule has 0 aromatic heterocycles. The van der Waals surface area contributed by atoms with Gasteiger partial charge >= 0.3 is 6.03 Å². The van der Waals surface area contributed by atoms with Gasteiger partial charge in [0.1, 0.15) is 12.4 Å². The van der Waals surface area contributed by atoms with Gasteiger partial charge in [0.2, 0.25) is 6.79 Å². The van der Waals surface area contributed by atoms with Crippen LogP contribution in [0.5, 0.6) is 11.5 Å². The Balaban J connectivity index is 1.28. The summed E-state index contributed by atoms with van der Waals surface area (Å²) >= 11 is 0. The predicted molar refractivity (Wildman–Crippen MR) is 94.0 cm³/mol. The number of fused-ring (bicyclic) bond motifs is 1. The summed E-state index contributed by atoms with van der Waals surface area (Å²) in [6, 6.07) is 11.7. The van der Waals surface area contributed by atoms with Crippen LogP contribution in [0.4, 0.5) is 14.9 Å². The van der Waals surface area contributed by atoms with E-state index in [0.29, 0.717) is 18.8 Å². The summed E-state index contributed by atoms with van der Waals surface area (Å²) in [6.07, 6.45) is 0. The number of ether oxygens (including phenoxy) is 2. The second kappa shape index (κ2) is 7.21. The van der Waals surface area contributed by atoms with Gasteiger partial charge < -0.3 is 24.6 Å². The third-order valence-corrected chi connectivity index (χ3v) is 4.74. The number of carbonyl (C=O) groups is 1. The Morgan fingerprint density at radius 3 is 2.58 bits per heavy atom. The summed E-state index contributed by atoms with van der Waals surface area (Å²) in [5.74, 6) is 1.29. The van der Waals surface area contributed by atoms with E-state index in [2.05, 4.69) is 11.4 Å². The van der Waals surface area contributed by atoms with Gasteiger partial charge in [0.15, 0.2) is 11.5 Å². The first-order chi connectivity index (χ1) is 12.7. The molecule has 2 aliphatic heterocycles. The van der Waals surface area contributed by atoms with Crippen molar-refractivity contribution in [2.75, 3.05) is 38.3 Å². The number of halogens is 1. The first-order valence-corrected chi connectivity index (χ1v) is 8.71. The van der Waals surface area contributed by atoms with Crippen LogP contribution in [0.25, 0.3) is 0 Å². The maximum absolute atomic E-state index is 12.9. The third-order valence-electron chi connectivity index (χ3n) is 4.74. The van der Waals surface area contributed by atoms with E-state index in [0.717, 1.165) is 31.1 Å². The number of benzene rings is 2. The fraction of sp³-hybridized carbons (Fsp3) is 0.316. The lowest BCUT2D eigenvalue weighted by molar-refractivity contribution is -0.917. The predicted octanol–water partition coefficient (Wildman–Crippen LogP) is 1.49. The Kier molecular flexibility index (Phi) is 4.62. The number of hydrogen-bond acceptors (Lipinski definition) is 3. The van der Waals surface area contributed by atoms with Gasteiger partial charge in [0, 0.05) is 11.3 Å². The first-order valence-electron chi connectivity index (χ1n) is 8.71. The van der Waals surface area contributed by atoms with E-state index in [4.69, 9.17) is 9.47 Å². The number of nitrogens with one attached hydrogen (secondary N) is 2. The van der Waals surface area contributed by atoms with Gasteiger partial charge in [-0.2, -0.15) is 0 Å². The Labute approximate surface area is 151 Å². The molecule has 26 heavy (non-hydrogen) atoms. The molecule has 2 aromatic carbocycles. The van der Waals surface area contributed by atoms with Crippen molar-refractivity contribution in [3.8, 4) is 11.5 Å². The van der Waals surface area contributed by atoms with Crippen molar-refractivity contribution in [3.05, 3.63) is 53.8 Å². The molecule has 0 spiro atoms. The number of rotatable bonds is 3. The smallest absolute Gasteiger partial charge is 0.322 e. The molecule has 6 nitrogen and oxygen atoms in total. The van der Waals surface area contributed by atoms with Gasteiger partial charge in [-0.3, -0.25) is 0 Å². The zero-order chi connectivity index (χ0) is 17.9. The van der Waals surface area contributed by atoms with Crippen molar-refractivity contribution < 1.29 is 23.6 Å². The molecule has 2 aliphatic rings. The molecule has 2 amide bonds. The first kappa shape index (κ1) is 16.7. The summed E-state index contributed by atoms with van der Waals surface area (Å²) in [5.41, 5.74) is 1.81. The van der Waals surface area contributed by atoms with Crippen molar-refractivity contribution >= 4 is 11.7 Å². The number of urea groups is 1. The SMILES string of the molecule is O=C(Nc1ccc(F)cc1)N1CC[NH+](Cc2ccc3c(c2)OCO3)CC1. The molecule has 0 radical (unpaired) electrons. The van der Waals surface area contributed by atoms with Crippen molar-refractivity contribution in [1.29, 1.82) is 0 Å². The van der Waals surface area contributed by atoms with E-state index in [-0.39, 0.29) is 18.6 Å². The lowest BCUT2D eigenvalue weighted by atomic mass is 10.1. The summed E-state index contributed by atoms with van der Waals surface area (Å²) < 4.78 is 23.7. The summed E-state index contributed by atoms with van der Waals surface area (Å²) in [5, 5.41) is 2.81. The van der Waals surface area contributed by atoms with Crippen LogP contribution in [0.3, 0.4) is 0 Å². The number of anilines is 1. The van der Waals surface area contributed by atoms with E-state index in [1.54, 1.807) is 17.0 Å². The van der Waals surface area contributed by atoms with E-state index in [1.807, 2.05) is 12.1 Å². The van der Waals surface area contributed by atoms with E-state index >= 15 is 0 Å². The number of amides is 2. The van der Waals surface area contributed by atoms with Crippen LogP contribution in [0.1, 0.15) is 5.56 Å². The minimum absolute atomic E-state index is 0.140. The molecule has 2 N–H and O–H groups in total. The van der Waals surface area contributed by atoms with Crippen molar-refractivity contribution in [2.45, 2.75) is 6.54 Å². The molecule has 1 fully saturated rings. The number of hydrogen-bond donors (Lipinski definition) is 2. The van der Waals surface area contributed by atoms with Gasteiger partial charge in [-0.25, -0.2) is 9.18 Å². The molecule has 136 valence electrons. The fourth-order valence-corrected chi connectivity index (χ4v) is 3.28. The van der Waals surface area contributed by atoms with Crippen LogP contribution >= 0.6 is 0 Å². The Bertz CT molecular complexity index is 789. The zero-order valence-corrected chi connectivity index (χ0v) is 14.3. The molecule has 0 saturated carbocycles. The van der Waals surface area contributed by atoms with Crippen LogP contribution in [-0.2, 0) is 6.54 Å². The van der Waals surface area contributed by atoms with E-state index < -0.39 is 0 Å². The normalized spacial score (nSPS) is 16.6. The van der Waals surface area contributed by atoms with E-state index in [1.165, 1.54) is 22.6 Å². The molecule has 2 aromatic rings. The quantitative estimate of drug-likeness (QED) is 0.874. The number of piperazine rings is 1. The van der Waals surface area contributed by atoms with Crippen LogP contribution in [0.2, 0.25) is 0 Å². The number of carbonyl (C=O) groups excluding carboxylic acids is 1. The van der Waals surface area contributed by atoms with Gasteiger partial charge in [-0.1, -0.05) is 0 Å². The molecule has 0 bridgehead atoms. The van der Waals surface area contributed by atoms with Gasteiger partial charge in [0.25, 0.3) is 0 Å². The molecule has 7 heteroatoms. The fourth-order valence-electron chi connectivity index (χ4n) is 3.28. The van der Waals surface area contributed by atoms with Crippen molar-refractivity contribution in [1.82, 2.24) is 4.90 Å². The number of quaternary nitrogens is 1. The highest BCUT2D eigenvalue weighted by atomic mass is 19.1. The highest BCUT2D eigenvalue weighted by Crippen LogP contribution is 2.32. The van der Waals surface area contributed by atoms with Crippen molar-refractivity contribution in [3.63, 3.8) is 0 Å². The average molecular weight is 358 g/mol. The van der Waals surface area contributed by atoms with Gasteiger partial charge in [-0.15, -0.1) is 0 Å². The minimum atomic E-state index is -0.316. The summed E-state index contributed by atoms with van der Waals surface area (Å²) in [7, 11) is 0. The Morgan fingerprint density at radius 1 is 1.08 bits per heavy atom. The van der Waals surface area contributed by atoms with Gasteiger partial charge in [0.05, 0.1) is 26.2 Å². The van der Waals surface area contributed by atoms with Gasteiger partial charge in [-0.05, 0) is 42.5 Å². The Hall–Kier alpha value is -2.80. The topological polar surface area (TPSA) is 55.2 Å². The molecule has 2 heterocycles. The third kappa shape index (κ3) is 3.72. The largest absolute Gasteiger partial charge is 0.454 e. The molecule has 0 unspecified atom stereocenters. The summed E-state index contributed by atoms with van der Waals surface area (Å²) in [4.78, 5) is 15.6. The van der Waals surface area contributed by atoms with Crippen LogP contribution < -0.4 is 19.7 Å². The highest BCUT2D eigenvalue weighted by Gasteiger charge is 2.24. The maximum Gasteiger partial charge on any atom is 0.322 e. The molecular formula is C19H21FN3O3+. The molecular weight excluding hydrogens is 337 g/mol. The zero-order valence-electron chi connectivity index (χ0n) is 14.3. The summed E-state index contributed by atoms with van der Waals surface area (Å²) in [6.45, 7) is 4.31. The Morgan fingerprint density at radius 2 is 1.81 bits per heavy atom. The lowest BCUT2D eigenvalue weighted by Crippen LogP contribution is -3.13. The monoisotopic (exact) mass is 358 g/mol. The second-order valence-electron chi connectivity index (χ2n) is 6.54. The minimum Gasteiger partial charge on any atom is -0.454 e. The van der Waals surface area contributed by atoms with Crippen LogP contribution in [0.15, 0.2) is 42.5 Å². The maximum atomic E-state index is 12.9. The average Bonchev–Trinajstić information content (AvgIpc) is 3.12. The van der Waals surface area contributed by atoms with Crippen LogP contribution in [-0.4, -0.2) is 43.9 Å². The molecule has 4 rings (SSSR count). The molecule has 0 aliphatic carbocycles. The lowest BCUT2D eigenvalue weighted by Gasteiger charge is -2.32. The molecule has 1 saturated heterocycles.